The summed E-state index contributed by atoms with van der Waals surface area (Å²) in [6.07, 6.45) is 5.20. The van der Waals surface area contributed by atoms with Crippen LogP contribution in [0.25, 0.3) is 0 Å². The van der Waals surface area contributed by atoms with Gasteiger partial charge in [-0.05, 0) is 49.9 Å². The lowest BCUT2D eigenvalue weighted by Gasteiger charge is -2.37. The highest BCUT2D eigenvalue weighted by Gasteiger charge is 2.35. The molecular weight excluding hydrogens is 264 g/mol. The minimum absolute atomic E-state index is 0.212. The Hall–Kier alpha value is -1.26. The Balaban J connectivity index is 1.69. The zero-order valence-corrected chi connectivity index (χ0v) is 13.0. The van der Waals surface area contributed by atoms with Crippen molar-refractivity contribution in [2.24, 2.45) is 0 Å². The molecule has 0 aromatic heterocycles. The Morgan fingerprint density at radius 1 is 1.29 bits per heavy atom. The summed E-state index contributed by atoms with van der Waals surface area (Å²) < 4.78 is 5.21. The van der Waals surface area contributed by atoms with E-state index in [4.69, 9.17) is 4.74 Å². The molecule has 1 aromatic rings. The summed E-state index contributed by atoms with van der Waals surface area (Å²) in [4.78, 5) is 2.57. The predicted octanol–water partition coefficient (Wildman–Crippen LogP) is 2.51. The molecule has 0 aliphatic carbocycles. The number of fused-ring (bicyclic) bond motifs is 2. The Morgan fingerprint density at radius 2 is 2.00 bits per heavy atom. The average molecular weight is 290 g/mol. The van der Waals surface area contributed by atoms with Gasteiger partial charge in [0.25, 0.3) is 0 Å². The fourth-order valence-electron chi connectivity index (χ4n) is 3.88. The van der Waals surface area contributed by atoms with Gasteiger partial charge in [-0.1, -0.05) is 13.0 Å². The van der Waals surface area contributed by atoms with Crippen LogP contribution in [-0.2, 0) is 6.54 Å². The number of ether oxygens (including phenoxy) is 1. The highest BCUT2D eigenvalue weighted by molar-refractivity contribution is 5.41. The fraction of sp³-hybridized carbons (Fsp3) is 0.647. The van der Waals surface area contributed by atoms with Crippen LogP contribution in [0.3, 0.4) is 0 Å². The van der Waals surface area contributed by atoms with Crippen LogP contribution in [0.2, 0.25) is 0 Å². The lowest BCUT2D eigenvalue weighted by Crippen LogP contribution is -2.47. The number of nitrogens with one attached hydrogen (secondary N) is 1. The van der Waals surface area contributed by atoms with Crippen molar-refractivity contribution in [2.45, 2.75) is 57.3 Å². The molecule has 4 nitrogen and oxygen atoms in total. The topological polar surface area (TPSA) is 44.7 Å². The summed E-state index contributed by atoms with van der Waals surface area (Å²) in [5, 5.41) is 13.4. The fourth-order valence-corrected chi connectivity index (χ4v) is 3.88. The monoisotopic (exact) mass is 290 g/mol. The smallest absolute Gasteiger partial charge is 0.160 e. The summed E-state index contributed by atoms with van der Waals surface area (Å²) in [7, 11) is 1.60. The maximum absolute atomic E-state index is 9.71. The number of hydrogen-bond acceptors (Lipinski definition) is 4. The molecule has 3 rings (SSSR count). The quantitative estimate of drug-likeness (QED) is 0.874. The molecule has 2 saturated heterocycles. The molecule has 1 aromatic carbocycles. The van der Waals surface area contributed by atoms with Crippen LogP contribution in [0.1, 0.15) is 38.2 Å². The zero-order valence-electron chi connectivity index (χ0n) is 13.0. The Kier molecular flexibility index (Phi) is 4.36. The van der Waals surface area contributed by atoms with E-state index < -0.39 is 0 Å². The first-order valence-corrected chi connectivity index (χ1v) is 8.05. The first-order chi connectivity index (χ1) is 10.2. The summed E-state index contributed by atoms with van der Waals surface area (Å²) in [5.74, 6) is 0.776. The van der Waals surface area contributed by atoms with Crippen LogP contribution in [0.5, 0.6) is 11.5 Å². The molecule has 2 aliphatic rings. The number of aromatic hydroxyl groups is 1. The number of nitrogens with zero attached hydrogens (tertiary/aromatic N) is 1. The van der Waals surface area contributed by atoms with E-state index in [1.165, 1.54) is 31.2 Å². The van der Waals surface area contributed by atoms with Crippen molar-refractivity contribution in [3.05, 3.63) is 23.8 Å². The molecule has 2 fully saturated rings. The number of phenolic OH excluding ortho intramolecular Hbond substituents is 1. The molecule has 2 bridgehead atoms. The zero-order chi connectivity index (χ0) is 14.8. The van der Waals surface area contributed by atoms with Gasteiger partial charge in [-0.15, -0.1) is 0 Å². The highest BCUT2D eigenvalue weighted by Crippen LogP contribution is 2.31. The van der Waals surface area contributed by atoms with E-state index in [1.807, 2.05) is 12.1 Å². The van der Waals surface area contributed by atoms with Crippen LogP contribution in [-0.4, -0.2) is 41.8 Å². The third-order valence-corrected chi connectivity index (χ3v) is 5.00. The standard InChI is InChI=1S/C17H26N2O2/c1-3-19(15-9-13-5-6-14(10-15)18-13)11-12-4-7-16(20)17(8-12)21-2/h4,7-8,13-15,18,20H,3,5-6,9-11H2,1-2H3. The van der Waals surface area contributed by atoms with Crippen molar-refractivity contribution in [3.63, 3.8) is 0 Å². The largest absolute Gasteiger partial charge is 0.504 e. The number of methoxy groups -OCH3 is 1. The van der Waals surface area contributed by atoms with Gasteiger partial charge in [0.1, 0.15) is 0 Å². The molecule has 0 radical (unpaired) electrons. The molecule has 0 saturated carbocycles. The molecule has 2 atom stereocenters. The maximum Gasteiger partial charge on any atom is 0.160 e. The average Bonchev–Trinajstić information content (AvgIpc) is 2.84. The number of phenols is 1. The lowest BCUT2D eigenvalue weighted by atomic mass is 9.97. The Morgan fingerprint density at radius 3 is 2.62 bits per heavy atom. The van der Waals surface area contributed by atoms with Crippen LogP contribution < -0.4 is 10.1 Å². The SMILES string of the molecule is CCN(Cc1ccc(O)c(OC)c1)C1CC2CCC(C1)N2. The first-order valence-electron chi connectivity index (χ1n) is 8.05. The number of rotatable bonds is 5. The minimum Gasteiger partial charge on any atom is -0.504 e. The second kappa shape index (κ2) is 6.24. The van der Waals surface area contributed by atoms with Gasteiger partial charge in [0.15, 0.2) is 11.5 Å². The van der Waals surface area contributed by atoms with Crippen LogP contribution in [0, 0.1) is 0 Å². The van der Waals surface area contributed by atoms with Gasteiger partial charge >= 0.3 is 0 Å². The van der Waals surface area contributed by atoms with E-state index in [0.29, 0.717) is 11.8 Å². The second-order valence-electron chi connectivity index (χ2n) is 6.33. The van der Waals surface area contributed by atoms with Gasteiger partial charge < -0.3 is 15.2 Å². The Bertz CT molecular complexity index is 480. The molecule has 2 N–H and O–H groups in total. The van der Waals surface area contributed by atoms with E-state index in [9.17, 15) is 5.11 Å². The molecule has 0 spiro atoms. The molecule has 2 unspecified atom stereocenters. The summed E-state index contributed by atoms with van der Waals surface area (Å²) in [5.41, 5.74) is 1.21. The van der Waals surface area contributed by atoms with Crippen molar-refractivity contribution >= 4 is 0 Å². The normalized spacial score (nSPS) is 28.0. The minimum atomic E-state index is 0.212. The van der Waals surface area contributed by atoms with Crippen molar-refractivity contribution < 1.29 is 9.84 Å². The van der Waals surface area contributed by atoms with Gasteiger partial charge in [-0.3, -0.25) is 4.90 Å². The lowest BCUT2D eigenvalue weighted by molar-refractivity contribution is 0.140. The van der Waals surface area contributed by atoms with E-state index in [-0.39, 0.29) is 5.75 Å². The summed E-state index contributed by atoms with van der Waals surface area (Å²) in [6, 6.07) is 7.79. The van der Waals surface area contributed by atoms with Crippen molar-refractivity contribution in [2.75, 3.05) is 13.7 Å². The molecule has 2 heterocycles. The maximum atomic E-state index is 9.71. The third kappa shape index (κ3) is 3.16. The van der Waals surface area contributed by atoms with Gasteiger partial charge in [-0.2, -0.15) is 0 Å². The summed E-state index contributed by atoms with van der Waals surface area (Å²) >= 11 is 0. The molecule has 4 heteroatoms. The van der Waals surface area contributed by atoms with Gasteiger partial charge in [0, 0.05) is 24.7 Å². The van der Waals surface area contributed by atoms with E-state index >= 15 is 0 Å². The van der Waals surface area contributed by atoms with Crippen molar-refractivity contribution in [1.82, 2.24) is 10.2 Å². The summed E-state index contributed by atoms with van der Waals surface area (Å²) in [6.45, 7) is 4.23. The van der Waals surface area contributed by atoms with Crippen molar-refractivity contribution in [1.29, 1.82) is 0 Å². The molecule has 116 valence electrons. The van der Waals surface area contributed by atoms with Crippen LogP contribution in [0.4, 0.5) is 0 Å². The molecule has 2 aliphatic heterocycles. The van der Waals surface area contributed by atoms with E-state index in [1.54, 1.807) is 13.2 Å². The molecular formula is C17H26N2O2. The number of piperidine rings is 1. The van der Waals surface area contributed by atoms with Crippen LogP contribution in [0.15, 0.2) is 18.2 Å². The van der Waals surface area contributed by atoms with E-state index in [0.717, 1.165) is 25.2 Å². The molecule has 21 heavy (non-hydrogen) atoms. The highest BCUT2D eigenvalue weighted by atomic mass is 16.5. The third-order valence-electron chi connectivity index (χ3n) is 5.00. The number of hydrogen-bond donors (Lipinski definition) is 2. The van der Waals surface area contributed by atoms with Gasteiger partial charge in [0.05, 0.1) is 7.11 Å². The Labute approximate surface area is 127 Å². The van der Waals surface area contributed by atoms with Gasteiger partial charge in [-0.25, -0.2) is 0 Å². The molecule has 0 amide bonds. The van der Waals surface area contributed by atoms with E-state index in [2.05, 4.69) is 17.1 Å². The van der Waals surface area contributed by atoms with Gasteiger partial charge in [0.2, 0.25) is 0 Å². The first kappa shape index (κ1) is 14.7. The predicted molar refractivity (Wildman–Crippen MR) is 83.7 cm³/mol. The van der Waals surface area contributed by atoms with Crippen molar-refractivity contribution in [3.8, 4) is 11.5 Å². The number of benzene rings is 1. The van der Waals surface area contributed by atoms with Crippen LogP contribution >= 0.6 is 0 Å². The second-order valence-corrected chi connectivity index (χ2v) is 6.33.